The van der Waals surface area contributed by atoms with Crippen LogP contribution in [0.4, 0.5) is 0 Å². The van der Waals surface area contributed by atoms with Crippen LogP contribution in [-0.4, -0.2) is 17.0 Å². The highest BCUT2D eigenvalue weighted by molar-refractivity contribution is 5.85. The third kappa shape index (κ3) is 1.58. The number of hydrogen-bond acceptors (Lipinski definition) is 2. The van der Waals surface area contributed by atoms with Gasteiger partial charge in [-0.1, -0.05) is 34.1 Å². The molecule has 2 nitrogen and oxygen atoms in total. The molecule has 1 unspecified atom stereocenters. The lowest BCUT2D eigenvalue weighted by molar-refractivity contribution is -0.196. The number of carbonyl (C=O) groups excluding carboxylic acids is 1. The van der Waals surface area contributed by atoms with Crippen LogP contribution in [-0.2, 0) is 4.79 Å². The van der Waals surface area contributed by atoms with Crippen molar-refractivity contribution in [1.29, 1.82) is 0 Å². The third-order valence-electron chi connectivity index (χ3n) is 8.66. The zero-order valence-electron chi connectivity index (χ0n) is 14.7. The Morgan fingerprint density at radius 3 is 2.45 bits per heavy atom. The van der Waals surface area contributed by atoms with E-state index in [4.69, 9.17) is 0 Å². The van der Waals surface area contributed by atoms with Crippen molar-refractivity contribution in [2.24, 2.45) is 33.5 Å². The first kappa shape index (κ1) is 15.2. The van der Waals surface area contributed by atoms with E-state index in [1.54, 1.807) is 0 Å². The van der Waals surface area contributed by atoms with Gasteiger partial charge in [-0.05, 0) is 60.7 Å². The van der Waals surface area contributed by atoms with Crippen molar-refractivity contribution < 1.29 is 9.90 Å². The van der Waals surface area contributed by atoms with Crippen molar-refractivity contribution in [3.63, 3.8) is 0 Å². The molecule has 0 aromatic carbocycles. The highest BCUT2D eigenvalue weighted by Crippen LogP contribution is 2.72. The number of fused-ring (bicyclic) bond motifs is 3. The van der Waals surface area contributed by atoms with Gasteiger partial charge in [0.2, 0.25) is 0 Å². The normalized spacial score (nSPS) is 56.4. The first-order valence-corrected chi connectivity index (χ1v) is 9.37. The van der Waals surface area contributed by atoms with E-state index < -0.39 is 0 Å². The molecule has 2 heteroatoms. The zero-order chi connectivity index (χ0) is 16.0. The molecule has 4 aliphatic carbocycles. The molecule has 0 aliphatic heterocycles. The van der Waals surface area contributed by atoms with E-state index in [1.807, 2.05) is 0 Å². The fourth-order valence-corrected chi connectivity index (χ4v) is 7.88. The Bertz CT molecular complexity index is 524. The standard InChI is InChI=1S/C20H32O2/c1-17(2)7-5-8-19(4)14-6-9-18(3)10-11-20(14,16(18)22)12-13(21)15(17)19/h14-16,22H,5-12H2,1-4H3/t14-,15+,16?,18+,19-,20-/m1/s1. The number of aliphatic hydroxyl groups excluding tert-OH is 1. The van der Waals surface area contributed by atoms with Crippen molar-refractivity contribution in [1.82, 2.24) is 0 Å². The van der Waals surface area contributed by atoms with Crippen LogP contribution in [0.5, 0.6) is 0 Å². The van der Waals surface area contributed by atoms with Gasteiger partial charge in [0, 0.05) is 17.8 Å². The maximum Gasteiger partial charge on any atom is 0.137 e. The molecule has 6 atom stereocenters. The Morgan fingerprint density at radius 2 is 1.73 bits per heavy atom. The Kier molecular flexibility index (Phi) is 2.88. The average Bonchev–Trinajstić information content (AvgIpc) is 2.56. The molecule has 124 valence electrons. The first-order chi connectivity index (χ1) is 10.2. The maximum atomic E-state index is 13.2. The predicted octanol–water partition coefficient (Wildman–Crippen LogP) is 4.35. The summed E-state index contributed by atoms with van der Waals surface area (Å²) in [6.07, 6.45) is 8.56. The Balaban J connectivity index is 1.83. The lowest BCUT2D eigenvalue weighted by atomic mass is 9.40. The van der Waals surface area contributed by atoms with Gasteiger partial charge in [-0.3, -0.25) is 4.79 Å². The second-order valence-electron chi connectivity index (χ2n) is 10.3. The number of rotatable bonds is 0. The molecule has 4 rings (SSSR count). The molecule has 4 fully saturated rings. The number of hydrogen-bond donors (Lipinski definition) is 1. The number of carbonyl (C=O) groups is 1. The first-order valence-electron chi connectivity index (χ1n) is 9.37. The summed E-state index contributed by atoms with van der Waals surface area (Å²) in [6.45, 7) is 9.27. The van der Waals surface area contributed by atoms with Gasteiger partial charge in [0.05, 0.1) is 6.10 Å². The van der Waals surface area contributed by atoms with Crippen molar-refractivity contribution in [3.8, 4) is 0 Å². The number of Topliss-reactive ketones (excluding diaryl/α,β-unsaturated/α-hetero) is 1. The molecule has 4 saturated carbocycles. The van der Waals surface area contributed by atoms with Crippen molar-refractivity contribution in [3.05, 3.63) is 0 Å². The van der Waals surface area contributed by atoms with E-state index in [0.29, 0.717) is 18.1 Å². The number of aliphatic hydroxyl groups is 1. The molecule has 0 aromatic heterocycles. The summed E-state index contributed by atoms with van der Waals surface area (Å²) >= 11 is 0. The summed E-state index contributed by atoms with van der Waals surface area (Å²) in [4.78, 5) is 13.2. The maximum absolute atomic E-state index is 13.2. The van der Waals surface area contributed by atoms with Crippen LogP contribution in [0.15, 0.2) is 0 Å². The molecule has 0 saturated heterocycles. The summed E-state index contributed by atoms with van der Waals surface area (Å²) in [5.74, 6) is 1.23. The molecule has 0 heterocycles. The summed E-state index contributed by atoms with van der Waals surface area (Å²) in [7, 11) is 0. The third-order valence-corrected chi connectivity index (χ3v) is 8.66. The van der Waals surface area contributed by atoms with E-state index in [1.165, 1.54) is 25.7 Å². The van der Waals surface area contributed by atoms with E-state index in [2.05, 4.69) is 27.7 Å². The summed E-state index contributed by atoms with van der Waals surface area (Å²) in [5, 5.41) is 11.2. The Hall–Kier alpha value is -0.370. The minimum Gasteiger partial charge on any atom is -0.392 e. The molecule has 1 spiro atoms. The van der Waals surface area contributed by atoms with Crippen molar-refractivity contribution in [2.45, 2.75) is 85.2 Å². The van der Waals surface area contributed by atoms with Crippen LogP contribution >= 0.6 is 0 Å². The number of ketones is 1. The zero-order valence-corrected chi connectivity index (χ0v) is 14.7. The van der Waals surface area contributed by atoms with Gasteiger partial charge in [0.1, 0.15) is 5.78 Å². The highest BCUT2D eigenvalue weighted by atomic mass is 16.3. The van der Waals surface area contributed by atoms with Crippen molar-refractivity contribution >= 4 is 5.78 Å². The SMILES string of the molecule is CC1(C)CCC[C@@]2(C)[C@H]1C(=O)C[C@]13CC[C@](C)(CC[C@@H]12)C3O. The van der Waals surface area contributed by atoms with E-state index in [9.17, 15) is 9.90 Å². The monoisotopic (exact) mass is 304 g/mol. The summed E-state index contributed by atoms with van der Waals surface area (Å²) in [5.41, 5.74) is 0.229. The van der Waals surface area contributed by atoms with Crippen LogP contribution in [0.25, 0.3) is 0 Å². The molecule has 22 heavy (non-hydrogen) atoms. The second-order valence-corrected chi connectivity index (χ2v) is 10.3. The molecule has 0 radical (unpaired) electrons. The van der Waals surface area contributed by atoms with Gasteiger partial charge in [-0.25, -0.2) is 0 Å². The molecule has 0 aromatic rings. The fourth-order valence-electron chi connectivity index (χ4n) is 7.88. The van der Waals surface area contributed by atoms with Gasteiger partial charge < -0.3 is 5.11 Å². The minimum absolute atomic E-state index is 0.0736. The van der Waals surface area contributed by atoms with Gasteiger partial charge in [-0.2, -0.15) is 0 Å². The van der Waals surface area contributed by atoms with E-state index >= 15 is 0 Å². The van der Waals surface area contributed by atoms with E-state index in [-0.39, 0.29) is 33.7 Å². The van der Waals surface area contributed by atoms with Gasteiger partial charge in [0.15, 0.2) is 0 Å². The molecule has 2 bridgehead atoms. The average molecular weight is 304 g/mol. The topological polar surface area (TPSA) is 37.3 Å². The van der Waals surface area contributed by atoms with Crippen LogP contribution in [0.3, 0.4) is 0 Å². The van der Waals surface area contributed by atoms with Crippen LogP contribution in [0, 0.1) is 33.5 Å². The van der Waals surface area contributed by atoms with E-state index in [0.717, 1.165) is 19.3 Å². The Morgan fingerprint density at radius 1 is 1.00 bits per heavy atom. The predicted molar refractivity (Wildman–Crippen MR) is 87.4 cm³/mol. The van der Waals surface area contributed by atoms with Crippen LogP contribution in [0.1, 0.15) is 79.1 Å². The molecular weight excluding hydrogens is 272 g/mol. The van der Waals surface area contributed by atoms with Gasteiger partial charge >= 0.3 is 0 Å². The lowest BCUT2D eigenvalue weighted by Gasteiger charge is -2.64. The Labute approximate surface area is 135 Å². The van der Waals surface area contributed by atoms with Gasteiger partial charge in [0.25, 0.3) is 0 Å². The lowest BCUT2D eigenvalue weighted by Crippen LogP contribution is -2.63. The summed E-state index contributed by atoms with van der Waals surface area (Å²) < 4.78 is 0. The fraction of sp³-hybridized carbons (Fsp3) is 0.950. The molecule has 4 aliphatic rings. The molecule has 1 N–H and O–H groups in total. The van der Waals surface area contributed by atoms with Crippen molar-refractivity contribution in [2.75, 3.05) is 0 Å². The quantitative estimate of drug-likeness (QED) is 0.722. The minimum atomic E-state index is -0.259. The van der Waals surface area contributed by atoms with Crippen LogP contribution < -0.4 is 0 Å². The smallest absolute Gasteiger partial charge is 0.137 e. The van der Waals surface area contributed by atoms with Gasteiger partial charge in [-0.15, -0.1) is 0 Å². The van der Waals surface area contributed by atoms with Crippen LogP contribution in [0.2, 0.25) is 0 Å². The molecular formula is C20H32O2. The highest BCUT2D eigenvalue weighted by Gasteiger charge is 2.70. The largest absolute Gasteiger partial charge is 0.392 e. The summed E-state index contributed by atoms with van der Waals surface area (Å²) in [6, 6.07) is 0. The second kappa shape index (κ2) is 4.18. The molecule has 0 amide bonds.